The van der Waals surface area contributed by atoms with Crippen LogP contribution in [0.4, 0.5) is 5.82 Å². The third-order valence-electron chi connectivity index (χ3n) is 2.67. The molecule has 1 aliphatic heterocycles. The van der Waals surface area contributed by atoms with Gasteiger partial charge in [-0.3, -0.25) is 14.3 Å². The summed E-state index contributed by atoms with van der Waals surface area (Å²) < 4.78 is 6.74. The van der Waals surface area contributed by atoms with Gasteiger partial charge in [-0.1, -0.05) is 0 Å². The number of anilines is 1. The van der Waals surface area contributed by atoms with Crippen molar-refractivity contribution in [3.05, 3.63) is 26.9 Å². The Morgan fingerprint density at radius 1 is 1.60 bits per heavy atom. The van der Waals surface area contributed by atoms with E-state index in [4.69, 9.17) is 10.5 Å². The number of hydrogen-bond acceptors (Lipinski definition) is 4. The lowest BCUT2D eigenvalue weighted by atomic mass is 10.1. The van der Waals surface area contributed by atoms with Crippen LogP contribution in [-0.2, 0) is 4.74 Å². The van der Waals surface area contributed by atoms with Gasteiger partial charge in [0, 0.05) is 12.7 Å². The number of H-pyrrole nitrogens is 1. The fraction of sp³-hybridized carbons (Fsp3) is 0.556. The summed E-state index contributed by atoms with van der Waals surface area (Å²) in [4.78, 5) is 24.7. The molecule has 3 N–H and O–H groups in total. The highest BCUT2D eigenvalue weighted by Gasteiger charge is 2.28. The summed E-state index contributed by atoms with van der Waals surface area (Å²) in [5, 5.41) is 0. The first-order valence-corrected chi connectivity index (χ1v) is 4.82. The average molecular weight is 211 g/mol. The zero-order valence-corrected chi connectivity index (χ0v) is 8.40. The Morgan fingerprint density at radius 2 is 2.33 bits per heavy atom. The summed E-state index contributed by atoms with van der Waals surface area (Å²) in [6.07, 6.45) is 0.674. The highest BCUT2D eigenvalue weighted by Crippen LogP contribution is 2.25. The van der Waals surface area contributed by atoms with E-state index in [2.05, 4.69) is 4.98 Å². The van der Waals surface area contributed by atoms with Crippen molar-refractivity contribution in [3.8, 4) is 0 Å². The molecular formula is C9H13N3O3. The van der Waals surface area contributed by atoms with Crippen LogP contribution in [0.2, 0.25) is 0 Å². The predicted octanol–water partition coefficient (Wildman–Crippen LogP) is -0.531. The van der Waals surface area contributed by atoms with E-state index in [1.807, 2.05) is 6.92 Å². The Morgan fingerprint density at radius 3 is 2.87 bits per heavy atom. The third kappa shape index (κ3) is 1.68. The number of aromatic amines is 1. The Balaban J connectivity index is 2.52. The van der Waals surface area contributed by atoms with Gasteiger partial charge in [-0.2, -0.15) is 0 Å². The second-order valence-corrected chi connectivity index (χ2v) is 3.67. The Bertz CT molecular complexity index is 476. The molecule has 1 aliphatic rings. The van der Waals surface area contributed by atoms with Crippen LogP contribution in [0.25, 0.3) is 0 Å². The number of nitrogens with two attached hydrogens (primary N) is 1. The fourth-order valence-electron chi connectivity index (χ4n) is 1.92. The first kappa shape index (κ1) is 9.97. The molecule has 6 nitrogen and oxygen atoms in total. The van der Waals surface area contributed by atoms with E-state index in [9.17, 15) is 9.59 Å². The second-order valence-electron chi connectivity index (χ2n) is 3.67. The molecule has 2 atom stereocenters. The van der Waals surface area contributed by atoms with Crippen LogP contribution < -0.4 is 17.0 Å². The van der Waals surface area contributed by atoms with Crippen molar-refractivity contribution in [2.45, 2.75) is 25.5 Å². The van der Waals surface area contributed by atoms with Gasteiger partial charge in [0.05, 0.1) is 12.1 Å². The molecule has 0 aliphatic carbocycles. The molecule has 1 aromatic rings. The van der Waals surface area contributed by atoms with Gasteiger partial charge in [0.25, 0.3) is 5.56 Å². The van der Waals surface area contributed by atoms with Crippen LogP contribution >= 0.6 is 0 Å². The van der Waals surface area contributed by atoms with Gasteiger partial charge >= 0.3 is 5.69 Å². The van der Waals surface area contributed by atoms with E-state index in [1.54, 1.807) is 0 Å². The first-order chi connectivity index (χ1) is 7.09. The van der Waals surface area contributed by atoms with Crippen molar-refractivity contribution in [3.63, 3.8) is 0 Å². The molecule has 0 bridgehead atoms. The standard InChI is InChI=1S/C9H13N3O3/c1-5-6(2-3-15-5)12-7(10)4-8(13)11-9(12)14/h4-6H,2-3,10H2,1H3,(H,11,13,14). The third-order valence-corrected chi connectivity index (χ3v) is 2.67. The molecule has 82 valence electrons. The number of rotatable bonds is 1. The first-order valence-electron chi connectivity index (χ1n) is 4.82. The monoisotopic (exact) mass is 211 g/mol. The quantitative estimate of drug-likeness (QED) is 0.653. The summed E-state index contributed by atoms with van der Waals surface area (Å²) in [6.45, 7) is 2.49. The summed E-state index contributed by atoms with van der Waals surface area (Å²) in [6, 6.07) is 1.13. The average Bonchev–Trinajstić information content (AvgIpc) is 2.50. The predicted molar refractivity (Wildman–Crippen MR) is 54.8 cm³/mol. The van der Waals surface area contributed by atoms with E-state index >= 15 is 0 Å². The van der Waals surface area contributed by atoms with E-state index < -0.39 is 11.2 Å². The SMILES string of the molecule is CC1OCCC1n1c(N)cc(=O)[nH]c1=O. The van der Waals surface area contributed by atoms with E-state index in [0.29, 0.717) is 6.61 Å². The molecule has 6 heteroatoms. The Hall–Kier alpha value is -1.56. The zero-order valence-electron chi connectivity index (χ0n) is 8.40. The largest absolute Gasteiger partial charge is 0.385 e. The van der Waals surface area contributed by atoms with Gasteiger partial charge < -0.3 is 10.5 Å². The number of nitrogen functional groups attached to an aromatic ring is 1. The summed E-state index contributed by atoms with van der Waals surface area (Å²) >= 11 is 0. The van der Waals surface area contributed by atoms with Gasteiger partial charge in [-0.25, -0.2) is 4.79 Å². The maximum absolute atomic E-state index is 11.6. The van der Waals surface area contributed by atoms with Crippen molar-refractivity contribution in [1.82, 2.24) is 9.55 Å². The van der Waals surface area contributed by atoms with Crippen molar-refractivity contribution >= 4 is 5.82 Å². The smallest absolute Gasteiger partial charge is 0.330 e. The van der Waals surface area contributed by atoms with Gasteiger partial charge in [-0.15, -0.1) is 0 Å². The molecule has 2 heterocycles. The molecule has 1 aromatic heterocycles. The number of nitrogens with one attached hydrogen (secondary N) is 1. The van der Waals surface area contributed by atoms with Gasteiger partial charge in [-0.05, 0) is 13.3 Å². The fourth-order valence-corrected chi connectivity index (χ4v) is 1.92. The molecule has 0 saturated carbocycles. The molecular weight excluding hydrogens is 198 g/mol. The van der Waals surface area contributed by atoms with Crippen LogP contribution in [-0.4, -0.2) is 22.3 Å². The van der Waals surface area contributed by atoms with Crippen LogP contribution in [0.5, 0.6) is 0 Å². The number of aromatic nitrogens is 2. The maximum Gasteiger partial charge on any atom is 0.330 e. The minimum Gasteiger partial charge on any atom is -0.385 e. The van der Waals surface area contributed by atoms with E-state index in [0.717, 1.165) is 6.42 Å². The van der Waals surface area contributed by atoms with E-state index in [-0.39, 0.29) is 18.0 Å². The molecule has 2 rings (SSSR count). The van der Waals surface area contributed by atoms with Gasteiger partial charge in [0.15, 0.2) is 0 Å². The minimum absolute atomic E-state index is 0.0593. The normalized spacial score (nSPS) is 25.7. The second kappa shape index (κ2) is 3.54. The molecule has 2 unspecified atom stereocenters. The molecule has 1 saturated heterocycles. The van der Waals surface area contributed by atoms with Crippen molar-refractivity contribution in [1.29, 1.82) is 0 Å². The number of ether oxygens (including phenoxy) is 1. The Kier molecular flexibility index (Phi) is 2.36. The van der Waals surface area contributed by atoms with Crippen LogP contribution in [0.1, 0.15) is 19.4 Å². The van der Waals surface area contributed by atoms with E-state index in [1.165, 1.54) is 10.6 Å². The van der Waals surface area contributed by atoms with Gasteiger partial charge in [0.1, 0.15) is 5.82 Å². The lowest BCUT2D eigenvalue weighted by molar-refractivity contribution is 0.107. The summed E-state index contributed by atoms with van der Waals surface area (Å²) in [5.41, 5.74) is 4.71. The molecule has 0 radical (unpaired) electrons. The van der Waals surface area contributed by atoms with Crippen molar-refractivity contribution in [2.24, 2.45) is 0 Å². The lowest BCUT2D eigenvalue weighted by Crippen LogP contribution is -2.36. The highest BCUT2D eigenvalue weighted by molar-refractivity contribution is 5.27. The van der Waals surface area contributed by atoms with Crippen molar-refractivity contribution in [2.75, 3.05) is 12.3 Å². The molecule has 0 spiro atoms. The molecule has 1 fully saturated rings. The minimum atomic E-state index is -0.472. The highest BCUT2D eigenvalue weighted by atomic mass is 16.5. The molecule has 0 amide bonds. The zero-order chi connectivity index (χ0) is 11.0. The Labute approximate surface area is 85.7 Å². The van der Waals surface area contributed by atoms with Crippen LogP contribution in [0, 0.1) is 0 Å². The lowest BCUT2D eigenvalue weighted by Gasteiger charge is -2.18. The molecule has 0 aromatic carbocycles. The molecule has 15 heavy (non-hydrogen) atoms. The summed E-state index contributed by atoms with van der Waals surface area (Å²) in [7, 11) is 0. The van der Waals surface area contributed by atoms with Gasteiger partial charge in [0.2, 0.25) is 0 Å². The topological polar surface area (TPSA) is 90.1 Å². The maximum atomic E-state index is 11.6. The number of hydrogen-bond donors (Lipinski definition) is 2. The number of nitrogens with zero attached hydrogens (tertiary/aromatic N) is 1. The van der Waals surface area contributed by atoms with Crippen LogP contribution in [0.15, 0.2) is 15.7 Å². The summed E-state index contributed by atoms with van der Waals surface area (Å²) in [5.74, 6) is 0.186. The van der Waals surface area contributed by atoms with Crippen molar-refractivity contribution < 1.29 is 4.74 Å². The van der Waals surface area contributed by atoms with Crippen LogP contribution in [0.3, 0.4) is 0 Å².